The average molecular weight is 294 g/mol. The van der Waals surface area contributed by atoms with E-state index in [1.807, 2.05) is 42.1 Å². The molecule has 1 heterocycles. The van der Waals surface area contributed by atoms with Crippen molar-refractivity contribution in [3.05, 3.63) is 52.3 Å². The van der Waals surface area contributed by atoms with Gasteiger partial charge in [-0.1, -0.05) is 15.9 Å². The van der Waals surface area contributed by atoms with E-state index in [2.05, 4.69) is 15.9 Å². The first-order valence-electron chi connectivity index (χ1n) is 5.14. The third kappa shape index (κ3) is 2.42. The summed E-state index contributed by atoms with van der Waals surface area (Å²) in [6.07, 6.45) is 3.89. The summed E-state index contributed by atoms with van der Waals surface area (Å²) in [4.78, 5) is 11.7. The molecular formula is C13H12BrNO2. The molecule has 2 aromatic rings. The van der Waals surface area contributed by atoms with E-state index in [1.165, 1.54) is 7.11 Å². The molecule has 0 spiro atoms. The van der Waals surface area contributed by atoms with Gasteiger partial charge in [0, 0.05) is 16.9 Å². The molecule has 2 rings (SSSR count). The van der Waals surface area contributed by atoms with E-state index in [0.29, 0.717) is 5.56 Å². The van der Waals surface area contributed by atoms with Crippen LogP contribution in [0.4, 0.5) is 0 Å². The number of benzene rings is 1. The summed E-state index contributed by atoms with van der Waals surface area (Å²) in [5.74, 6) is -0.334. The van der Waals surface area contributed by atoms with Gasteiger partial charge in [0.25, 0.3) is 0 Å². The Morgan fingerprint density at radius 1 is 1.35 bits per heavy atom. The fourth-order valence-electron chi connectivity index (χ4n) is 1.65. The van der Waals surface area contributed by atoms with Crippen molar-refractivity contribution >= 4 is 21.9 Å². The van der Waals surface area contributed by atoms with E-state index in [4.69, 9.17) is 4.74 Å². The van der Waals surface area contributed by atoms with E-state index in [0.717, 1.165) is 15.7 Å². The molecule has 0 unspecified atom stereocenters. The van der Waals surface area contributed by atoms with Crippen LogP contribution in [0.15, 0.2) is 41.1 Å². The van der Waals surface area contributed by atoms with Gasteiger partial charge >= 0.3 is 5.97 Å². The number of nitrogens with zero attached hydrogens (tertiary/aromatic N) is 1. The molecule has 0 saturated heterocycles. The molecule has 1 aromatic heterocycles. The lowest BCUT2D eigenvalue weighted by atomic mass is 10.2. The Hall–Kier alpha value is -1.55. The van der Waals surface area contributed by atoms with Crippen LogP contribution in [0.3, 0.4) is 0 Å². The number of ether oxygens (including phenoxy) is 1. The highest BCUT2D eigenvalue weighted by Crippen LogP contribution is 2.22. The molecule has 0 atom stereocenters. The largest absolute Gasteiger partial charge is 0.465 e. The monoisotopic (exact) mass is 293 g/mol. The highest BCUT2D eigenvalue weighted by molar-refractivity contribution is 9.10. The summed E-state index contributed by atoms with van der Waals surface area (Å²) in [5.41, 5.74) is 2.49. The third-order valence-electron chi connectivity index (χ3n) is 2.48. The van der Waals surface area contributed by atoms with Crippen molar-refractivity contribution in [2.24, 2.45) is 0 Å². The lowest BCUT2D eigenvalue weighted by molar-refractivity contribution is 0.0601. The Bertz CT molecular complexity index is 560. The minimum absolute atomic E-state index is 0.334. The zero-order valence-electron chi connectivity index (χ0n) is 9.61. The van der Waals surface area contributed by atoms with Crippen molar-refractivity contribution in [2.45, 2.75) is 6.92 Å². The quantitative estimate of drug-likeness (QED) is 0.795. The number of methoxy groups -OCH3 is 1. The number of aromatic nitrogens is 1. The minimum Gasteiger partial charge on any atom is -0.465 e. The number of halogens is 1. The third-order valence-corrected chi connectivity index (χ3v) is 2.98. The van der Waals surface area contributed by atoms with Crippen LogP contribution in [0.2, 0.25) is 0 Å². The Kier molecular flexibility index (Phi) is 3.33. The van der Waals surface area contributed by atoms with E-state index in [1.54, 1.807) is 6.07 Å². The van der Waals surface area contributed by atoms with Gasteiger partial charge in [-0.15, -0.1) is 0 Å². The van der Waals surface area contributed by atoms with Gasteiger partial charge in [0.15, 0.2) is 0 Å². The zero-order chi connectivity index (χ0) is 12.4. The van der Waals surface area contributed by atoms with Crippen molar-refractivity contribution in [3.63, 3.8) is 0 Å². The number of aryl methyl sites for hydroxylation is 1. The van der Waals surface area contributed by atoms with Crippen molar-refractivity contribution in [2.75, 3.05) is 7.11 Å². The van der Waals surface area contributed by atoms with Gasteiger partial charge in [0.05, 0.1) is 18.4 Å². The Morgan fingerprint density at radius 2 is 2.12 bits per heavy atom. The number of hydrogen-bond donors (Lipinski definition) is 0. The van der Waals surface area contributed by atoms with Crippen LogP contribution in [0.25, 0.3) is 5.69 Å². The topological polar surface area (TPSA) is 31.2 Å². The molecule has 0 amide bonds. The summed E-state index contributed by atoms with van der Waals surface area (Å²) >= 11 is 3.41. The number of carbonyl (C=O) groups is 1. The first-order chi connectivity index (χ1) is 8.11. The van der Waals surface area contributed by atoms with E-state index < -0.39 is 0 Å². The number of carbonyl (C=O) groups excluding carboxylic acids is 1. The molecule has 0 saturated carbocycles. The lowest BCUT2D eigenvalue weighted by Gasteiger charge is -2.09. The van der Waals surface area contributed by atoms with Gasteiger partial charge in [-0.25, -0.2) is 4.79 Å². The zero-order valence-corrected chi connectivity index (χ0v) is 11.2. The van der Waals surface area contributed by atoms with Gasteiger partial charge in [-0.2, -0.15) is 0 Å². The molecule has 1 aromatic carbocycles. The highest BCUT2D eigenvalue weighted by atomic mass is 79.9. The van der Waals surface area contributed by atoms with Crippen molar-refractivity contribution in [1.29, 1.82) is 0 Å². The standard InChI is InChI=1S/C13H12BrNO2/c1-9-5-6-15(8-9)12-7-10(14)3-4-11(12)13(16)17-2/h3-8H,1-2H3. The van der Waals surface area contributed by atoms with Crippen LogP contribution < -0.4 is 0 Å². The summed E-state index contributed by atoms with van der Waals surface area (Å²) < 4.78 is 7.61. The average Bonchev–Trinajstić information content (AvgIpc) is 2.75. The maximum Gasteiger partial charge on any atom is 0.339 e. The van der Waals surface area contributed by atoms with Gasteiger partial charge in [-0.05, 0) is 36.8 Å². The highest BCUT2D eigenvalue weighted by Gasteiger charge is 2.13. The molecule has 17 heavy (non-hydrogen) atoms. The van der Waals surface area contributed by atoms with Gasteiger partial charge in [0.1, 0.15) is 0 Å². The van der Waals surface area contributed by atoms with Crippen molar-refractivity contribution in [3.8, 4) is 5.69 Å². The second-order valence-electron chi connectivity index (χ2n) is 3.75. The summed E-state index contributed by atoms with van der Waals surface area (Å²) in [5, 5.41) is 0. The normalized spacial score (nSPS) is 10.3. The molecule has 0 fully saturated rings. The molecular weight excluding hydrogens is 282 g/mol. The number of esters is 1. The van der Waals surface area contributed by atoms with Crippen LogP contribution in [0.1, 0.15) is 15.9 Å². The summed E-state index contributed by atoms with van der Waals surface area (Å²) in [6, 6.07) is 7.46. The molecule has 3 nitrogen and oxygen atoms in total. The molecule has 0 aliphatic heterocycles. The van der Waals surface area contributed by atoms with Crippen LogP contribution >= 0.6 is 15.9 Å². The first-order valence-corrected chi connectivity index (χ1v) is 5.94. The second-order valence-corrected chi connectivity index (χ2v) is 4.66. The number of hydrogen-bond acceptors (Lipinski definition) is 2. The first kappa shape index (κ1) is 11.9. The minimum atomic E-state index is -0.334. The molecule has 0 radical (unpaired) electrons. The molecule has 0 bridgehead atoms. The van der Waals surface area contributed by atoms with Gasteiger partial charge in [-0.3, -0.25) is 0 Å². The predicted molar refractivity (Wildman–Crippen MR) is 69.5 cm³/mol. The summed E-state index contributed by atoms with van der Waals surface area (Å²) in [6.45, 7) is 2.01. The maximum absolute atomic E-state index is 11.7. The Balaban J connectivity index is 2.58. The lowest BCUT2D eigenvalue weighted by Crippen LogP contribution is -2.06. The van der Waals surface area contributed by atoms with Crippen LogP contribution in [-0.2, 0) is 4.74 Å². The fourth-order valence-corrected chi connectivity index (χ4v) is 2.00. The van der Waals surface area contributed by atoms with E-state index >= 15 is 0 Å². The van der Waals surface area contributed by atoms with Gasteiger partial charge < -0.3 is 9.30 Å². The van der Waals surface area contributed by atoms with Gasteiger partial charge in [0.2, 0.25) is 0 Å². The van der Waals surface area contributed by atoms with Crippen molar-refractivity contribution in [1.82, 2.24) is 4.57 Å². The van der Waals surface area contributed by atoms with Crippen LogP contribution in [0, 0.1) is 6.92 Å². The molecule has 0 aliphatic carbocycles. The summed E-state index contributed by atoms with van der Waals surface area (Å²) in [7, 11) is 1.38. The predicted octanol–water partition coefficient (Wildman–Crippen LogP) is 3.33. The fraction of sp³-hybridized carbons (Fsp3) is 0.154. The SMILES string of the molecule is COC(=O)c1ccc(Br)cc1-n1ccc(C)c1. The van der Waals surface area contributed by atoms with E-state index in [-0.39, 0.29) is 5.97 Å². The molecule has 0 aliphatic rings. The van der Waals surface area contributed by atoms with E-state index in [9.17, 15) is 4.79 Å². The molecule has 4 heteroatoms. The molecule has 0 N–H and O–H groups in total. The second kappa shape index (κ2) is 4.75. The maximum atomic E-state index is 11.7. The Morgan fingerprint density at radius 3 is 2.71 bits per heavy atom. The number of rotatable bonds is 2. The van der Waals surface area contributed by atoms with Crippen molar-refractivity contribution < 1.29 is 9.53 Å². The smallest absolute Gasteiger partial charge is 0.339 e. The van der Waals surface area contributed by atoms with Crippen LogP contribution in [-0.4, -0.2) is 17.6 Å². The Labute approximate surface area is 108 Å². The van der Waals surface area contributed by atoms with Crippen LogP contribution in [0.5, 0.6) is 0 Å². The molecule has 88 valence electrons.